The van der Waals surface area contributed by atoms with Crippen LogP contribution in [0.4, 0.5) is 5.69 Å². The van der Waals surface area contributed by atoms with Crippen molar-refractivity contribution in [2.75, 3.05) is 13.6 Å². The van der Waals surface area contributed by atoms with E-state index >= 15 is 0 Å². The van der Waals surface area contributed by atoms with Crippen LogP contribution in [0.3, 0.4) is 0 Å². The predicted octanol–water partition coefficient (Wildman–Crippen LogP) is 3.98. The molecule has 1 heterocycles. The molecule has 0 radical (unpaired) electrons. The lowest BCUT2D eigenvalue weighted by Crippen LogP contribution is -2.20. The summed E-state index contributed by atoms with van der Waals surface area (Å²) in [6.45, 7) is 1.49. The summed E-state index contributed by atoms with van der Waals surface area (Å²) in [5, 5.41) is 13.4. The fourth-order valence-corrected chi connectivity index (χ4v) is 2.80. The van der Waals surface area contributed by atoms with E-state index in [4.69, 9.17) is 11.6 Å². The van der Waals surface area contributed by atoms with E-state index in [1.165, 1.54) is 10.9 Å². The molecule has 0 spiro atoms. The summed E-state index contributed by atoms with van der Waals surface area (Å²) >= 11 is 7.84. The molecule has 0 aliphatic heterocycles. The Bertz CT molecular complexity index is 587. The maximum absolute atomic E-state index is 10.8. The monoisotopic (exact) mass is 310 g/mol. The molecule has 1 aromatic carbocycles. The molecular weight excluding hydrogens is 296 g/mol. The lowest BCUT2D eigenvalue weighted by atomic mass is 10.2. The molecule has 6 heteroatoms. The molecule has 0 saturated carbocycles. The standard InChI is InChI=1S/C14H15ClN2O2S/c1-16(7-6-13-3-2-8-20-13)10-11-9-12(17(18)19)4-5-14(11)15/h2-5,8-9H,6-7,10H2,1H3. The maximum Gasteiger partial charge on any atom is 0.269 e. The minimum absolute atomic E-state index is 0.0797. The second-order valence-electron chi connectivity index (χ2n) is 4.60. The van der Waals surface area contributed by atoms with Crippen molar-refractivity contribution < 1.29 is 4.92 Å². The summed E-state index contributed by atoms with van der Waals surface area (Å²) in [5.74, 6) is 0. The summed E-state index contributed by atoms with van der Waals surface area (Å²) in [4.78, 5) is 13.8. The summed E-state index contributed by atoms with van der Waals surface area (Å²) in [6, 6.07) is 8.71. The molecule has 0 aliphatic carbocycles. The van der Waals surface area contributed by atoms with Gasteiger partial charge in [-0.3, -0.25) is 10.1 Å². The van der Waals surface area contributed by atoms with Gasteiger partial charge < -0.3 is 4.90 Å². The third-order valence-corrected chi connectivity index (χ3v) is 4.31. The Kier molecular flexibility index (Phi) is 5.11. The van der Waals surface area contributed by atoms with Crippen LogP contribution >= 0.6 is 22.9 Å². The number of halogens is 1. The summed E-state index contributed by atoms with van der Waals surface area (Å²) in [5.41, 5.74) is 0.866. The van der Waals surface area contributed by atoms with Crippen molar-refractivity contribution in [3.05, 3.63) is 61.3 Å². The van der Waals surface area contributed by atoms with Crippen LogP contribution in [0.25, 0.3) is 0 Å². The van der Waals surface area contributed by atoms with Crippen molar-refractivity contribution in [1.29, 1.82) is 0 Å². The van der Waals surface area contributed by atoms with Gasteiger partial charge in [-0.25, -0.2) is 0 Å². The Morgan fingerprint density at radius 3 is 2.85 bits per heavy atom. The zero-order chi connectivity index (χ0) is 14.5. The predicted molar refractivity (Wildman–Crippen MR) is 82.5 cm³/mol. The van der Waals surface area contributed by atoms with Gasteiger partial charge in [0.15, 0.2) is 0 Å². The number of benzene rings is 1. The highest BCUT2D eigenvalue weighted by atomic mass is 35.5. The van der Waals surface area contributed by atoms with Gasteiger partial charge in [0.25, 0.3) is 5.69 Å². The summed E-state index contributed by atoms with van der Waals surface area (Å²) in [7, 11) is 1.99. The van der Waals surface area contributed by atoms with E-state index in [9.17, 15) is 10.1 Å². The first-order valence-corrected chi connectivity index (χ1v) is 7.46. The van der Waals surface area contributed by atoms with Crippen LogP contribution in [0.1, 0.15) is 10.4 Å². The Morgan fingerprint density at radius 2 is 2.20 bits per heavy atom. The number of nitro groups is 1. The van der Waals surface area contributed by atoms with Crippen LogP contribution in [0.15, 0.2) is 35.7 Å². The SMILES string of the molecule is CN(CCc1cccs1)Cc1cc([N+](=O)[O-])ccc1Cl. The molecule has 0 unspecified atom stereocenters. The fraction of sp³-hybridized carbons (Fsp3) is 0.286. The normalized spacial score (nSPS) is 10.9. The van der Waals surface area contributed by atoms with Gasteiger partial charge in [-0.2, -0.15) is 0 Å². The Hall–Kier alpha value is -1.43. The maximum atomic E-state index is 10.8. The third-order valence-electron chi connectivity index (χ3n) is 3.00. The highest BCUT2D eigenvalue weighted by Gasteiger charge is 2.11. The van der Waals surface area contributed by atoms with Gasteiger partial charge in [-0.1, -0.05) is 17.7 Å². The lowest BCUT2D eigenvalue weighted by Gasteiger charge is -2.16. The fourth-order valence-electron chi connectivity index (χ4n) is 1.92. The lowest BCUT2D eigenvalue weighted by molar-refractivity contribution is -0.384. The minimum Gasteiger partial charge on any atom is -0.302 e. The molecule has 0 fully saturated rings. The quantitative estimate of drug-likeness (QED) is 0.599. The second-order valence-corrected chi connectivity index (χ2v) is 6.04. The van der Waals surface area contributed by atoms with Gasteiger partial charge >= 0.3 is 0 Å². The second kappa shape index (κ2) is 6.83. The first-order valence-electron chi connectivity index (χ1n) is 6.20. The van der Waals surface area contributed by atoms with Crippen molar-refractivity contribution in [1.82, 2.24) is 4.90 Å². The van der Waals surface area contributed by atoms with Crippen LogP contribution in [-0.4, -0.2) is 23.4 Å². The van der Waals surface area contributed by atoms with E-state index in [0.29, 0.717) is 11.6 Å². The van der Waals surface area contributed by atoms with E-state index in [1.54, 1.807) is 23.5 Å². The highest BCUT2D eigenvalue weighted by molar-refractivity contribution is 7.09. The molecule has 0 aliphatic rings. The number of rotatable bonds is 6. The number of nitrogens with zero attached hydrogens (tertiary/aromatic N) is 2. The van der Waals surface area contributed by atoms with Crippen LogP contribution in [0.5, 0.6) is 0 Å². The van der Waals surface area contributed by atoms with Crippen molar-refractivity contribution in [3.63, 3.8) is 0 Å². The van der Waals surface area contributed by atoms with Crippen LogP contribution in [-0.2, 0) is 13.0 Å². The van der Waals surface area contributed by atoms with Gasteiger partial charge in [-0.05, 0) is 36.5 Å². The van der Waals surface area contributed by atoms with Crippen LogP contribution < -0.4 is 0 Å². The molecule has 106 valence electrons. The number of likely N-dealkylation sites (N-methyl/N-ethyl adjacent to an activating group) is 1. The van der Waals surface area contributed by atoms with Gasteiger partial charge in [0, 0.05) is 35.1 Å². The Labute approximate surface area is 126 Å². The minimum atomic E-state index is -0.397. The summed E-state index contributed by atoms with van der Waals surface area (Å²) in [6.07, 6.45) is 0.973. The largest absolute Gasteiger partial charge is 0.302 e. The van der Waals surface area contributed by atoms with Crippen molar-refractivity contribution in [2.24, 2.45) is 0 Å². The molecule has 0 bridgehead atoms. The molecule has 2 aromatic rings. The smallest absolute Gasteiger partial charge is 0.269 e. The van der Waals surface area contributed by atoms with Crippen LogP contribution in [0.2, 0.25) is 5.02 Å². The van der Waals surface area contributed by atoms with Gasteiger partial charge in [0.2, 0.25) is 0 Å². The first-order chi connectivity index (χ1) is 9.56. The zero-order valence-corrected chi connectivity index (χ0v) is 12.7. The molecule has 0 N–H and O–H groups in total. The third kappa shape index (κ3) is 4.03. The van der Waals surface area contributed by atoms with Crippen molar-refractivity contribution in [3.8, 4) is 0 Å². The first kappa shape index (κ1) is 15.0. The topological polar surface area (TPSA) is 46.4 Å². The molecule has 2 rings (SSSR count). The van der Waals surface area contributed by atoms with Crippen molar-refractivity contribution >= 4 is 28.6 Å². The highest BCUT2D eigenvalue weighted by Crippen LogP contribution is 2.23. The van der Waals surface area contributed by atoms with E-state index in [2.05, 4.69) is 16.3 Å². The van der Waals surface area contributed by atoms with Crippen molar-refractivity contribution in [2.45, 2.75) is 13.0 Å². The molecule has 4 nitrogen and oxygen atoms in total. The van der Waals surface area contributed by atoms with Crippen LogP contribution in [0, 0.1) is 10.1 Å². The number of hydrogen-bond acceptors (Lipinski definition) is 4. The molecule has 1 aromatic heterocycles. The van der Waals surface area contributed by atoms with Gasteiger partial charge in [0.05, 0.1) is 4.92 Å². The number of hydrogen-bond donors (Lipinski definition) is 0. The average molecular weight is 311 g/mol. The molecule has 0 amide bonds. The number of non-ortho nitro benzene ring substituents is 1. The summed E-state index contributed by atoms with van der Waals surface area (Å²) < 4.78 is 0. The molecule has 0 saturated heterocycles. The van der Waals surface area contributed by atoms with E-state index in [-0.39, 0.29) is 5.69 Å². The number of nitro benzene ring substituents is 1. The van der Waals surface area contributed by atoms with Gasteiger partial charge in [-0.15, -0.1) is 11.3 Å². The molecule has 0 atom stereocenters. The zero-order valence-electron chi connectivity index (χ0n) is 11.1. The Balaban J connectivity index is 1.98. The average Bonchev–Trinajstić information content (AvgIpc) is 2.92. The van der Waals surface area contributed by atoms with E-state index in [0.717, 1.165) is 18.5 Å². The van der Waals surface area contributed by atoms with E-state index in [1.807, 2.05) is 13.1 Å². The van der Waals surface area contributed by atoms with Gasteiger partial charge in [0.1, 0.15) is 0 Å². The van der Waals surface area contributed by atoms with E-state index < -0.39 is 4.92 Å². The molecular formula is C14H15ClN2O2S. The number of thiophene rings is 1. The molecule has 20 heavy (non-hydrogen) atoms. The Morgan fingerprint density at radius 1 is 1.40 bits per heavy atom.